The number of carbonyl (C=O) groups excluding carboxylic acids is 1. The zero-order chi connectivity index (χ0) is 16.6. The first-order valence-corrected chi connectivity index (χ1v) is 8.51. The summed E-state index contributed by atoms with van der Waals surface area (Å²) in [5, 5.41) is 4.32. The molecule has 1 aliphatic carbocycles. The topological polar surface area (TPSA) is 68.3 Å². The summed E-state index contributed by atoms with van der Waals surface area (Å²) >= 11 is 0. The third-order valence-electron chi connectivity index (χ3n) is 4.97. The van der Waals surface area contributed by atoms with Crippen molar-refractivity contribution >= 4 is 29.3 Å². The Kier molecular flexibility index (Phi) is 5.94. The van der Waals surface area contributed by atoms with Crippen LogP contribution in [0.5, 0.6) is 0 Å². The van der Waals surface area contributed by atoms with E-state index in [0.29, 0.717) is 0 Å². The molecule has 1 amide bonds. The number of rotatable bonds is 4. The van der Waals surface area contributed by atoms with E-state index in [1.165, 1.54) is 0 Å². The predicted octanol–water partition coefficient (Wildman–Crippen LogP) is 4.10. The van der Waals surface area contributed by atoms with Crippen LogP contribution in [0.25, 0.3) is 11.0 Å². The Labute approximate surface area is 149 Å². The number of hydrogen-bond acceptors (Lipinski definition) is 3. The molecule has 0 aliphatic heterocycles. The van der Waals surface area contributed by atoms with Gasteiger partial charge in [0.1, 0.15) is 11.3 Å². The van der Waals surface area contributed by atoms with Gasteiger partial charge in [0.15, 0.2) is 0 Å². The fraction of sp³-hybridized carbons (Fsp3) is 0.526. The Bertz CT molecular complexity index is 710. The van der Waals surface area contributed by atoms with Crippen molar-refractivity contribution in [2.75, 3.05) is 0 Å². The van der Waals surface area contributed by atoms with Gasteiger partial charge in [-0.3, -0.25) is 4.79 Å². The third-order valence-corrected chi connectivity index (χ3v) is 4.97. The van der Waals surface area contributed by atoms with Crippen LogP contribution in [0.15, 0.2) is 28.7 Å². The maximum Gasteiger partial charge on any atom is 0.223 e. The van der Waals surface area contributed by atoms with Gasteiger partial charge < -0.3 is 15.5 Å². The molecule has 0 bridgehead atoms. The summed E-state index contributed by atoms with van der Waals surface area (Å²) in [6, 6.07) is 8.08. The minimum atomic E-state index is -0.105. The van der Waals surface area contributed by atoms with Gasteiger partial charge in [0.2, 0.25) is 5.91 Å². The lowest BCUT2D eigenvalue weighted by atomic mass is 9.97. The molecule has 1 aromatic heterocycles. The first kappa shape index (κ1) is 18.8. The number of carbonyl (C=O) groups is 1. The fourth-order valence-corrected chi connectivity index (χ4v) is 3.55. The molecule has 24 heavy (non-hydrogen) atoms. The number of aryl methyl sites for hydroxylation is 1. The maximum absolute atomic E-state index is 12.6. The summed E-state index contributed by atoms with van der Waals surface area (Å²) in [4.78, 5) is 12.6. The molecule has 1 saturated carbocycles. The number of fused-ring (bicyclic) bond motifs is 1. The highest BCUT2D eigenvalue weighted by molar-refractivity contribution is 5.85. The van der Waals surface area contributed by atoms with E-state index in [1.54, 1.807) is 0 Å². The second-order valence-electron chi connectivity index (χ2n) is 7.09. The molecule has 1 fully saturated rings. The molecule has 5 heteroatoms. The monoisotopic (exact) mass is 350 g/mol. The van der Waals surface area contributed by atoms with E-state index in [-0.39, 0.29) is 42.2 Å². The van der Waals surface area contributed by atoms with Gasteiger partial charge in [-0.15, -0.1) is 12.4 Å². The van der Waals surface area contributed by atoms with Crippen molar-refractivity contribution < 1.29 is 9.21 Å². The molecule has 1 heterocycles. The van der Waals surface area contributed by atoms with Crippen molar-refractivity contribution in [3.05, 3.63) is 35.6 Å². The summed E-state index contributed by atoms with van der Waals surface area (Å²) in [7, 11) is 0. The van der Waals surface area contributed by atoms with Gasteiger partial charge in [-0.1, -0.05) is 32.0 Å². The van der Waals surface area contributed by atoms with Crippen molar-refractivity contribution in [2.45, 2.75) is 52.1 Å². The lowest BCUT2D eigenvalue weighted by molar-refractivity contribution is -0.126. The molecule has 1 aliphatic rings. The molecular formula is C19H27ClN2O2. The molecule has 3 N–H and O–H groups in total. The van der Waals surface area contributed by atoms with E-state index in [4.69, 9.17) is 10.2 Å². The molecule has 1 aromatic carbocycles. The van der Waals surface area contributed by atoms with Crippen molar-refractivity contribution in [1.29, 1.82) is 0 Å². The van der Waals surface area contributed by atoms with Crippen LogP contribution in [-0.2, 0) is 4.79 Å². The molecule has 3 rings (SSSR count). The lowest BCUT2D eigenvalue weighted by Crippen LogP contribution is -2.36. The summed E-state index contributed by atoms with van der Waals surface area (Å²) in [6.07, 6.45) is 2.61. The third kappa shape index (κ3) is 3.60. The Morgan fingerprint density at radius 2 is 2.00 bits per heavy atom. The van der Waals surface area contributed by atoms with Gasteiger partial charge in [0.05, 0.1) is 6.04 Å². The number of nitrogens with one attached hydrogen (secondary N) is 1. The fourth-order valence-electron chi connectivity index (χ4n) is 3.55. The van der Waals surface area contributed by atoms with Crippen molar-refractivity contribution in [3.8, 4) is 0 Å². The largest absolute Gasteiger partial charge is 0.459 e. The number of benzene rings is 1. The van der Waals surface area contributed by atoms with Crippen LogP contribution in [0.3, 0.4) is 0 Å². The van der Waals surface area contributed by atoms with Crippen molar-refractivity contribution in [1.82, 2.24) is 5.32 Å². The van der Waals surface area contributed by atoms with Crippen LogP contribution in [0.4, 0.5) is 0 Å². The SMILES string of the molecule is Cc1c(C(NC(=O)C2CCC(N)C2)C(C)C)oc2ccccc12.Cl. The number of nitrogens with two attached hydrogens (primary N) is 1. The van der Waals surface area contributed by atoms with E-state index in [2.05, 4.69) is 32.2 Å². The lowest BCUT2D eigenvalue weighted by Gasteiger charge is -2.23. The average Bonchev–Trinajstić information content (AvgIpc) is 3.09. The number of furan rings is 1. The zero-order valence-corrected chi connectivity index (χ0v) is 15.4. The van der Waals surface area contributed by atoms with Gasteiger partial charge in [-0.2, -0.15) is 0 Å². The Balaban J connectivity index is 0.00000208. The predicted molar refractivity (Wildman–Crippen MR) is 99.2 cm³/mol. The molecular weight excluding hydrogens is 324 g/mol. The Hall–Kier alpha value is -1.52. The molecule has 4 nitrogen and oxygen atoms in total. The van der Waals surface area contributed by atoms with Gasteiger partial charge >= 0.3 is 0 Å². The van der Waals surface area contributed by atoms with E-state index in [0.717, 1.165) is 41.6 Å². The maximum atomic E-state index is 12.6. The molecule has 3 unspecified atom stereocenters. The van der Waals surface area contributed by atoms with Crippen LogP contribution in [-0.4, -0.2) is 11.9 Å². The summed E-state index contributed by atoms with van der Waals surface area (Å²) < 4.78 is 6.07. The summed E-state index contributed by atoms with van der Waals surface area (Å²) in [5.41, 5.74) is 7.93. The van der Waals surface area contributed by atoms with Gasteiger partial charge in [-0.25, -0.2) is 0 Å². The van der Waals surface area contributed by atoms with E-state index in [9.17, 15) is 4.79 Å². The second-order valence-corrected chi connectivity index (χ2v) is 7.09. The Morgan fingerprint density at radius 3 is 2.58 bits per heavy atom. The van der Waals surface area contributed by atoms with Crippen molar-refractivity contribution in [2.24, 2.45) is 17.6 Å². The van der Waals surface area contributed by atoms with Gasteiger partial charge in [0.25, 0.3) is 0 Å². The zero-order valence-electron chi connectivity index (χ0n) is 14.5. The minimum absolute atomic E-state index is 0. The van der Waals surface area contributed by atoms with Crippen LogP contribution in [0.2, 0.25) is 0 Å². The molecule has 132 valence electrons. The summed E-state index contributed by atoms with van der Waals surface area (Å²) in [5.74, 6) is 1.28. The van der Waals surface area contributed by atoms with Crippen LogP contribution in [0, 0.1) is 18.8 Å². The number of hydrogen-bond donors (Lipinski definition) is 2. The first-order chi connectivity index (χ1) is 11.0. The molecule has 3 atom stereocenters. The van der Waals surface area contributed by atoms with E-state index in [1.807, 2.05) is 18.2 Å². The molecule has 0 saturated heterocycles. The quantitative estimate of drug-likeness (QED) is 0.872. The normalized spacial score (nSPS) is 21.7. The first-order valence-electron chi connectivity index (χ1n) is 8.51. The highest BCUT2D eigenvalue weighted by atomic mass is 35.5. The van der Waals surface area contributed by atoms with Crippen LogP contribution in [0.1, 0.15) is 50.5 Å². The number of halogens is 1. The number of para-hydroxylation sites is 1. The minimum Gasteiger partial charge on any atom is -0.459 e. The van der Waals surface area contributed by atoms with E-state index < -0.39 is 0 Å². The second kappa shape index (κ2) is 7.58. The van der Waals surface area contributed by atoms with E-state index >= 15 is 0 Å². The number of amides is 1. The highest BCUT2D eigenvalue weighted by Crippen LogP contribution is 2.33. The van der Waals surface area contributed by atoms with Gasteiger partial charge in [-0.05, 0) is 38.2 Å². The average molecular weight is 351 g/mol. The van der Waals surface area contributed by atoms with Gasteiger partial charge in [0, 0.05) is 22.9 Å². The summed E-state index contributed by atoms with van der Waals surface area (Å²) in [6.45, 7) is 6.28. The van der Waals surface area contributed by atoms with Crippen LogP contribution >= 0.6 is 12.4 Å². The van der Waals surface area contributed by atoms with Crippen molar-refractivity contribution in [3.63, 3.8) is 0 Å². The van der Waals surface area contributed by atoms with Crippen LogP contribution < -0.4 is 11.1 Å². The molecule has 0 radical (unpaired) electrons. The molecule has 0 spiro atoms. The molecule has 2 aromatic rings. The highest BCUT2D eigenvalue weighted by Gasteiger charge is 2.31. The standard InChI is InChI=1S/C19H26N2O2.ClH/c1-11(2)17(21-19(22)13-8-9-14(20)10-13)18-12(3)15-6-4-5-7-16(15)23-18;/h4-7,11,13-14,17H,8-10,20H2,1-3H3,(H,21,22);1H. The Morgan fingerprint density at radius 1 is 1.29 bits per heavy atom. The smallest absolute Gasteiger partial charge is 0.223 e.